The molecular weight excluding hydrogens is 448 g/mol. The number of ether oxygens (including phenoxy) is 3. The Kier molecular flexibility index (Phi) is 6.73. The van der Waals surface area contributed by atoms with Crippen LogP contribution in [-0.2, 0) is 14.2 Å². The molecule has 2 heterocycles. The van der Waals surface area contributed by atoms with Crippen LogP contribution in [0.3, 0.4) is 0 Å². The standard InChI is InChI=1S/C27H22N2O6/c1-33-25(30)22-21-16-15-20(28-29(21)24(27(32)35-3)23(22)26(31)34-2)14-11-17-9-12-19(13-10-17)18-7-5-4-6-8-18/h4-16H,1-3H3/b14-11+. The van der Waals surface area contributed by atoms with Crippen molar-refractivity contribution in [2.45, 2.75) is 0 Å². The molecule has 2 aromatic heterocycles. The number of rotatable bonds is 6. The van der Waals surface area contributed by atoms with Crippen molar-refractivity contribution in [2.24, 2.45) is 0 Å². The molecule has 8 nitrogen and oxygen atoms in total. The van der Waals surface area contributed by atoms with Crippen LogP contribution in [0, 0.1) is 0 Å². The predicted octanol–water partition coefficient (Wildman–Crippen LogP) is 4.53. The Balaban J connectivity index is 1.76. The number of carbonyl (C=O) groups excluding carboxylic acids is 3. The zero-order valence-electron chi connectivity index (χ0n) is 19.3. The van der Waals surface area contributed by atoms with E-state index < -0.39 is 17.9 Å². The Bertz CT molecular complexity index is 1440. The number of carbonyl (C=O) groups is 3. The highest BCUT2D eigenvalue weighted by molar-refractivity contribution is 6.14. The zero-order chi connectivity index (χ0) is 24.9. The van der Waals surface area contributed by atoms with Crippen molar-refractivity contribution in [3.8, 4) is 11.1 Å². The van der Waals surface area contributed by atoms with Crippen LogP contribution in [0.1, 0.15) is 42.5 Å². The minimum Gasteiger partial charge on any atom is -0.465 e. The molecule has 0 saturated carbocycles. The van der Waals surface area contributed by atoms with Crippen LogP contribution in [0.15, 0.2) is 66.7 Å². The monoisotopic (exact) mass is 470 g/mol. The van der Waals surface area contributed by atoms with Gasteiger partial charge in [-0.25, -0.2) is 18.9 Å². The van der Waals surface area contributed by atoms with Crippen LogP contribution < -0.4 is 0 Å². The van der Waals surface area contributed by atoms with Gasteiger partial charge in [0.05, 0.1) is 32.5 Å². The number of aromatic nitrogens is 2. The van der Waals surface area contributed by atoms with Crippen LogP contribution in [0.4, 0.5) is 0 Å². The predicted molar refractivity (Wildman–Crippen MR) is 130 cm³/mol. The Morgan fingerprint density at radius 3 is 1.91 bits per heavy atom. The summed E-state index contributed by atoms with van der Waals surface area (Å²) in [6.45, 7) is 0. The third kappa shape index (κ3) is 4.54. The molecule has 0 aliphatic carbocycles. The molecule has 0 aliphatic rings. The highest BCUT2D eigenvalue weighted by atomic mass is 16.5. The highest BCUT2D eigenvalue weighted by Crippen LogP contribution is 2.26. The summed E-state index contributed by atoms with van der Waals surface area (Å²) in [5.74, 6) is -2.53. The summed E-state index contributed by atoms with van der Waals surface area (Å²) in [6, 6.07) is 21.3. The lowest BCUT2D eigenvalue weighted by Crippen LogP contribution is -2.16. The molecule has 0 radical (unpaired) electrons. The van der Waals surface area contributed by atoms with Gasteiger partial charge in [0.2, 0.25) is 0 Å². The summed E-state index contributed by atoms with van der Waals surface area (Å²) >= 11 is 0. The van der Waals surface area contributed by atoms with E-state index in [-0.39, 0.29) is 22.3 Å². The number of fused-ring (bicyclic) bond motifs is 1. The van der Waals surface area contributed by atoms with Crippen molar-refractivity contribution in [2.75, 3.05) is 21.3 Å². The molecule has 0 aliphatic heterocycles. The van der Waals surface area contributed by atoms with E-state index in [1.54, 1.807) is 18.2 Å². The van der Waals surface area contributed by atoms with Crippen molar-refractivity contribution in [3.05, 3.63) is 94.8 Å². The number of esters is 3. The summed E-state index contributed by atoms with van der Waals surface area (Å²) in [6.07, 6.45) is 3.63. The molecule has 35 heavy (non-hydrogen) atoms. The molecule has 0 unspecified atom stereocenters. The Morgan fingerprint density at radius 2 is 1.29 bits per heavy atom. The van der Waals surface area contributed by atoms with Crippen molar-refractivity contribution >= 4 is 35.6 Å². The van der Waals surface area contributed by atoms with Gasteiger partial charge >= 0.3 is 17.9 Å². The molecular formula is C27H22N2O6. The SMILES string of the molecule is COC(=O)c1c(C(=O)OC)c2ccc(/C=C/c3ccc(-c4ccccc4)cc3)nn2c1C(=O)OC. The number of nitrogens with zero attached hydrogens (tertiary/aromatic N) is 2. The average molecular weight is 470 g/mol. The average Bonchev–Trinajstić information content (AvgIpc) is 3.25. The highest BCUT2D eigenvalue weighted by Gasteiger charge is 2.34. The molecule has 0 amide bonds. The van der Waals surface area contributed by atoms with Crippen LogP contribution in [0.5, 0.6) is 0 Å². The van der Waals surface area contributed by atoms with Gasteiger partial charge in [-0.1, -0.05) is 60.7 Å². The molecule has 8 heteroatoms. The summed E-state index contributed by atoms with van der Waals surface area (Å²) in [7, 11) is 3.50. The van der Waals surface area contributed by atoms with Crippen LogP contribution >= 0.6 is 0 Å². The fourth-order valence-electron chi connectivity index (χ4n) is 3.73. The fraction of sp³-hybridized carbons (Fsp3) is 0.111. The molecule has 2 aromatic carbocycles. The quantitative estimate of drug-likeness (QED) is 0.302. The first-order valence-corrected chi connectivity index (χ1v) is 10.6. The van der Waals surface area contributed by atoms with E-state index in [9.17, 15) is 14.4 Å². The molecule has 0 atom stereocenters. The molecule has 0 spiro atoms. The maximum absolute atomic E-state index is 12.6. The third-order valence-electron chi connectivity index (χ3n) is 5.43. The van der Waals surface area contributed by atoms with Gasteiger partial charge in [-0.15, -0.1) is 0 Å². The lowest BCUT2D eigenvalue weighted by molar-refractivity contribution is 0.0536. The van der Waals surface area contributed by atoms with Crippen molar-refractivity contribution < 1.29 is 28.6 Å². The second-order valence-electron chi connectivity index (χ2n) is 7.45. The van der Waals surface area contributed by atoms with Gasteiger partial charge < -0.3 is 14.2 Å². The first kappa shape index (κ1) is 23.4. The number of hydrogen-bond donors (Lipinski definition) is 0. The molecule has 176 valence electrons. The number of benzene rings is 2. The second kappa shape index (κ2) is 10.0. The van der Waals surface area contributed by atoms with Gasteiger partial charge in [0.15, 0.2) is 5.69 Å². The third-order valence-corrected chi connectivity index (χ3v) is 5.43. The number of methoxy groups -OCH3 is 3. The Morgan fingerprint density at radius 1 is 0.686 bits per heavy atom. The maximum Gasteiger partial charge on any atom is 0.357 e. The van der Waals surface area contributed by atoms with E-state index in [1.807, 2.05) is 60.7 Å². The van der Waals surface area contributed by atoms with Crippen LogP contribution in [0.2, 0.25) is 0 Å². The minimum absolute atomic E-state index is 0.126. The van der Waals surface area contributed by atoms with E-state index >= 15 is 0 Å². The smallest absolute Gasteiger partial charge is 0.357 e. The molecule has 0 bridgehead atoms. The lowest BCUT2D eigenvalue weighted by atomic mass is 10.0. The van der Waals surface area contributed by atoms with E-state index in [0.29, 0.717) is 5.69 Å². The fourth-order valence-corrected chi connectivity index (χ4v) is 3.73. The lowest BCUT2D eigenvalue weighted by Gasteiger charge is -2.04. The molecule has 0 fully saturated rings. The van der Waals surface area contributed by atoms with E-state index in [4.69, 9.17) is 14.2 Å². The summed E-state index contributed by atoms with van der Waals surface area (Å²) in [5, 5.41) is 4.45. The van der Waals surface area contributed by atoms with Gasteiger partial charge in [-0.05, 0) is 34.9 Å². The summed E-state index contributed by atoms with van der Waals surface area (Å²) in [4.78, 5) is 37.6. The topological polar surface area (TPSA) is 96.2 Å². The largest absolute Gasteiger partial charge is 0.465 e. The van der Waals surface area contributed by atoms with Gasteiger partial charge in [-0.2, -0.15) is 5.10 Å². The number of hydrogen-bond acceptors (Lipinski definition) is 7. The van der Waals surface area contributed by atoms with Crippen LogP contribution in [-0.4, -0.2) is 48.9 Å². The van der Waals surface area contributed by atoms with E-state index in [0.717, 1.165) is 23.8 Å². The van der Waals surface area contributed by atoms with Gasteiger partial charge in [0, 0.05) is 0 Å². The van der Waals surface area contributed by atoms with Crippen molar-refractivity contribution in [1.29, 1.82) is 0 Å². The summed E-state index contributed by atoms with van der Waals surface area (Å²) in [5.41, 5.74) is 3.24. The molecule has 0 saturated heterocycles. The maximum atomic E-state index is 12.6. The van der Waals surface area contributed by atoms with Crippen molar-refractivity contribution in [1.82, 2.24) is 9.61 Å². The van der Waals surface area contributed by atoms with Crippen LogP contribution in [0.25, 0.3) is 28.8 Å². The molecule has 4 aromatic rings. The molecule has 0 N–H and O–H groups in total. The minimum atomic E-state index is -0.883. The van der Waals surface area contributed by atoms with E-state index in [2.05, 4.69) is 5.10 Å². The second-order valence-corrected chi connectivity index (χ2v) is 7.45. The Labute approximate surface area is 201 Å². The van der Waals surface area contributed by atoms with Gasteiger partial charge in [-0.3, -0.25) is 0 Å². The summed E-state index contributed by atoms with van der Waals surface area (Å²) < 4.78 is 15.7. The normalized spacial score (nSPS) is 10.9. The van der Waals surface area contributed by atoms with Gasteiger partial charge in [0.1, 0.15) is 11.1 Å². The van der Waals surface area contributed by atoms with Gasteiger partial charge in [0.25, 0.3) is 0 Å². The Hall–Kier alpha value is -4.72. The van der Waals surface area contributed by atoms with Crippen molar-refractivity contribution in [3.63, 3.8) is 0 Å². The first-order chi connectivity index (χ1) is 17.0. The van der Waals surface area contributed by atoms with E-state index in [1.165, 1.54) is 18.7 Å². The molecule has 4 rings (SSSR count). The zero-order valence-corrected chi connectivity index (χ0v) is 19.3. The first-order valence-electron chi connectivity index (χ1n) is 10.6.